The van der Waals surface area contributed by atoms with Crippen LogP contribution < -0.4 is 0 Å². The largest absolute Gasteiger partial charge is 0.463 e. The second-order valence-electron chi connectivity index (χ2n) is 7.83. The van der Waals surface area contributed by atoms with Gasteiger partial charge in [0.15, 0.2) is 15.6 Å². The molecule has 1 aromatic carbocycles. The van der Waals surface area contributed by atoms with E-state index in [2.05, 4.69) is 0 Å². The maximum absolute atomic E-state index is 13.3. The monoisotopic (exact) mass is 474 g/mol. The number of rotatable bonds is 7. The molecule has 1 unspecified atom stereocenters. The predicted octanol–water partition coefficient (Wildman–Crippen LogP) is 4.35. The minimum absolute atomic E-state index is 0.0120. The first-order valence-electron chi connectivity index (χ1n) is 10.6. The second kappa shape index (κ2) is 9.57. The van der Waals surface area contributed by atoms with Crippen molar-refractivity contribution in [2.45, 2.75) is 75.5 Å². The highest BCUT2D eigenvalue weighted by molar-refractivity contribution is 7.91. The molecule has 0 N–H and O–H groups in total. The molecule has 0 amide bonds. The summed E-state index contributed by atoms with van der Waals surface area (Å²) >= 11 is 6.03. The Balaban J connectivity index is 1.95. The third kappa shape index (κ3) is 5.13. The van der Waals surface area contributed by atoms with E-state index in [1.54, 1.807) is 6.92 Å². The van der Waals surface area contributed by atoms with Crippen LogP contribution in [-0.2, 0) is 34.6 Å². The van der Waals surface area contributed by atoms with Gasteiger partial charge in [-0.05, 0) is 50.0 Å². The van der Waals surface area contributed by atoms with Crippen LogP contribution in [0.5, 0.6) is 0 Å². The fraction of sp³-hybridized carbons (Fsp3) is 0.591. The van der Waals surface area contributed by atoms with Crippen molar-refractivity contribution >= 4 is 27.4 Å². The zero-order valence-electron chi connectivity index (χ0n) is 17.9. The van der Waals surface area contributed by atoms with Crippen LogP contribution in [0.15, 0.2) is 29.8 Å². The Labute approximate surface area is 187 Å². The topological polar surface area (TPSA) is 78.9 Å². The number of hydrogen-bond acceptors (Lipinski definition) is 6. The van der Waals surface area contributed by atoms with Gasteiger partial charge in [0.1, 0.15) is 5.82 Å². The summed E-state index contributed by atoms with van der Waals surface area (Å²) in [6, 6.07) is 3.57. The number of carbonyl (C=O) groups is 1. The molecule has 31 heavy (non-hydrogen) atoms. The summed E-state index contributed by atoms with van der Waals surface area (Å²) in [5.41, 5.74) is 0.287. The molecule has 0 radical (unpaired) electrons. The lowest BCUT2D eigenvalue weighted by molar-refractivity contribution is -0.151. The van der Waals surface area contributed by atoms with Gasteiger partial charge in [0.25, 0.3) is 0 Å². The molecule has 172 valence electrons. The van der Waals surface area contributed by atoms with Crippen LogP contribution in [0.1, 0.15) is 52.0 Å². The molecule has 1 saturated heterocycles. The fourth-order valence-corrected chi connectivity index (χ4v) is 6.42. The summed E-state index contributed by atoms with van der Waals surface area (Å²) in [6.45, 7) is 5.75. The molecular weight excluding hydrogens is 447 g/mol. The van der Waals surface area contributed by atoms with Crippen molar-refractivity contribution in [1.82, 2.24) is 0 Å². The predicted molar refractivity (Wildman–Crippen MR) is 115 cm³/mol. The Morgan fingerprint density at radius 2 is 1.87 bits per heavy atom. The van der Waals surface area contributed by atoms with E-state index in [0.717, 1.165) is 25.0 Å². The van der Waals surface area contributed by atoms with Gasteiger partial charge in [-0.25, -0.2) is 17.6 Å². The summed E-state index contributed by atoms with van der Waals surface area (Å²) < 4.78 is 57.3. The minimum atomic E-state index is -3.86. The number of ether oxygens (including phenoxy) is 3. The molecule has 1 aliphatic carbocycles. The summed E-state index contributed by atoms with van der Waals surface area (Å²) in [6.07, 6.45) is 3.15. The van der Waals surface area contributed by atoms with Crippen LogP contribution in [-0.4, -0.2) is 44.2 Å². The van der Waals surface area contributed by atoms with Gasteiger partial charge in [0.05, 0.1) is 35.4 Å². The van der Waals surface area contributed by atoms with Crippen LogP contribution in [0.3, 0.4) is 0 Å². The summed E-state index contributed by atoms with van der Waals surface area (Å²) in [5, 5.41) is -1.07. The van der Waals surface area contributed by atoms with Gasteiger partial charge >= 0.3 is 5.97 Å². The molecule has 1 fully saturated rings. The van der Waals surface area contributed by atoms with E-state index in [1.165, 1.54) is 12.1 Å². The minimum Gasteiger partial charge on any atom is -0.463 e. The number of esters is 1. The standard InChI is InChI=1S/C22H28ClFO6S/c1-4-18-19(5-2)30-22(29-18)10-9-20(16(12-22)21(25)28-6-3)31(26,27)13-14-7-8-15(24)11-17(14)23/h7-8,11-12,18-20H,4-6,9-10,13H2,1-3H3/t18-,19-,20?/m1/s1. The van der Waals surface area contributed by atoms with Crippen LogP contribution in [0, 0.1) is 5.82 Å². The summed E-state index contributed by atoms with van der Waals surface area (Å²) in [5.74, 6) is -2.81. The molecule has 3 rings (SSSR count). The zero-order valence-corrected chi connectivity index (χ0v) is 19.5. The molecule has 1 spiro atoms. The third-order valence-electron chi connectivity index (χ3n) is 5.71. The summed E-state index contributed by atoms with van der Waals surface area (Å²) in [4.78, 5) is 12.7. The van der Waals surface area contributed by atoms with Crippen molar-refractivity contribution in [3.8, 4) is 0 Å². The average molecular weight is 475 g/mol. The molecule has 1 heterocycles. The lowest BCUT2D eigenvalue weighted by Crippen LogP contribution is -2.41. The van der Waals surface area contributed by atoms with Gasteiger partial charge in [-0.2, -0.15) is 0 Å². The number of carbonyl (C=O) groups excluding carboxylic acids is 1. The summed E-state index contributed by atoms with van der Waals surface area (Å²) in [7, 11) is -3.86. The molecule has 1 aliphatic heterocycles. The van der Waals surface area contributed by atoms with E-state index >= 15 is 0 Å². The van der Waals surface area contributed by atoms with Crippen molar-refractivity contribution in [2.24, 2.45) is 0 Å². The number of sulfone groups is 1. The second-order valence-corrected chi connectivity index (χ2v) is 10.4. The molecular formula is C22H28ClFO6S. The van der Waals surface area contributed by atoms with Crippen molar-refractivity contribution in [3.63, 3.8) is 0 Å². The van der Waals surface area contributed by atoms with Gasteiger partial charge in [-0.3, -0.25) is 0 Å². The van der Waals surface area contributed by atoms with E-state index in [1.807, 2.05) is 13.8 Å². The average Bonchev–Trinajstić information content (AvgIpc) is 3.07. The van der Waals surface area contributed by atoms with Gasteiger partial charge in [-0.15, -0.1) is 0 Å². The molecule has 0 bridgehead atoms. The first-order valence-corrected chi connectivity index (χ1v) is 12.6. The number of halogens is 2. The Morgan fingerprint density at radius 1 is 1.23 bits per heavy atom. The van der Waals surface area contributed by atoms with Crippen LogP contribution >= 0.6 is 11.6 Å². The van der Waals surface area contributed by atoms with Gasteiger partial charge in [-0.1, -0.05) is 31.5 Å². The van der Waals surface area contributed by atoms with Crippen LogP contribution in [0.25, 0.3) is 0 Å². The smallest absolute Gasteiger partial charge is 0.335 e. The van der Waals surface area contributed by atoms with Crippen molar-refractivity contribution in [3.05, 3.63) is 46.3 Å². The van der Waals surface area contributed by atoms with Gasteiger partial charge in [0.2, 0.25) is 0 Å². The molecule has 3 atom stereocenters. The van der Waals surface area contributed by atoms with Crippen LogP contribution in [0.2, 0.25) is 5.02 Å². The number of benzene rings is 1. The quantitative estimate of drug-likeness (QED) is 0.547. The zero-order chi connectivity index (χ0) is 22.8. The lowest BCUT2D eigenvalue weighted by Gasteiger charge is -2.33. The Bertz CT molecular complexity index is 949. The van der Waals surface area contributed by atoms with Gasteiger partial charge in [0, 0.05) is 11.4 Å². The molecule has 0 saturated carbocycles. The Hall–Kier alpha value is -1.48. The highest BCUT2D eigenvalue weighted by Gasteiger charge is 2.50. The van der Waals surface area contributed by atoms with Crippen molar-refractivity contribution in [1.29, 1.82) is 0 Å². The number of hydrogen-bond donors (Lipinski definition) is 0. The maximum atomic E-state index is 13.3. The first-order chi connectivity index (χ1) is 14.6. The third-order valence-corrected chi connectivity index (χ3v) is 8.14. The maximum Gasteiger partial charge on any atom is 0.335 e. The molecule has 0 aromatic heterocycles. The SMILES string of the molecule is CCOC(=O)C1=CC2(CCC1S(=O)(=O)Cc1ccc(F)cc1Cl)O[C@H](CC)[C@@H](CC)O2. The molecule has 2 aliphatic rings. The first kappa shape index (κ1) is 24.2. The van der Waals surface area contributed by atoms with Crippen molar-refractivity contribution in [2.75, 3.05) is 6.61 Å². The molecule has 1 aromatic rings. The molecule has 6 nitrogen and oxygen atoms in total. The van der Waals surface area contributed by atoms with E-state index in [9.17, 15) is 17.6 Å². The van der Waals surface area contributed by atoms with Crippen molar-refractivity contribution < 1.29 is 31.8 Å². The van der Waals surface area contributed by atoms with E-state index in [-0.39, 0.29) is 41.4 Å². The van der Waals surface area contributed by atoms with Gasteiger partial charge < -0.3 is 14.2 Å². The highest BCUT2D eigenvalue weighted by Crippen LogP contribution is 2.43. The highest BCUT2D eigenvalue weighted by atomic mass is 35.5. The normalized spacial score (nSPS) is 25.5. The molecule has 9 heteroatoms. The van der Waals surface area contributed by atoms with E-state index < -0.39 is 38.4 Å². The Kier molecular flexibility index (Phi) is 7.46. The fourth-order valence-electron chi connectivity index (χ4n) is 4.19. The lowest BCUT2D eigenvalue weighted by atomic mass is 9.94. The van der Waals surface area contributed by atoms with E-state index in [4.69, 9.17) is 25.8 Å². The Morgan fingerprint density at radius 3 is 2.42 bits per heavy atom. The van der Waals surface area contributed by atoms with Crippen LogP contribution in [0.4, 0.5) is 4.39 Å². The van der Waals surface area contributed by atoms with E-state index in [0.29, 0.717) is 6.42 Å².